The molecule has 1 aromatic rings. The minimum absolute atomic E-state index is 0.0598. The number of hydrogen-bond donors (Lipinski definition) is 0. The first kappa shape index (κ1) is 18.8. The zero-order chi connectivity index (χ0) is 17.3. The van der Waals surface area contributed by atoms with Gasteiger partial charge in [0.15, 0.2) is 0 Å². The summed E-state index contributed by atoms with van der Waals surface area (Å²) in [6, 6.07) is 9.64. The van der Waals surface area contributed by atoms with Crippen molar-refractivity contribution < 1.29 is 14.3 Å². The van der Waals surface area contributed by atoms with Crippen LogP contribution in [0, 0.1) is 12.3 Å². The molecule has 0 atom stereocenters. The molecule has 0 aliphatic rings. The predicted octanol–water partition coefficient (Wildman–Crippen LogP) is 3.80. The number of carbonyl (C=O) groups is 2. The molecule has 0 unspecified atom stereocenters. The molecule has 23 heavy (non-hydrogen) atoms. The van der Waals surface area contributed by atoms with Gasteiger partial charge >= 0.3 is 6.09 Å². The van der Waals surface area contributed by atoms with E-state index >= 15 is 0 Å². The van der Waals surface area contributed by atoms with Crippen LogP contribution in [-0.4, -0.2) is 28.9 Å². The van der Waals surface area contributed by atoms with E-state index in [0.29, 0.717) is 25.9 Å². The molecule has 0 aliphatic carbocycles. The maximum Gasteiger partial charge on any atom is 0.410 e. The van der Waals surface area contributed by atoms with Crippen LogP contribution in [0.2, 0.25) is 0 Å². The lowest BCUT2D eigenvalue weighted by Gasteiger charge is -2.27. The van der Waals surface area contributed by atoms with Gasteiger partial charge in [-0.3, -0.25) is 4.79 Å². The lowest BCUT2D eigenvalue weighted by Crippen LogP contribution is -2.37. The maximum atomic E-state index is 12.3. The number of carbonyl (C=O) groups excluding carboxylic acids is 2. The fourth-order valence-electron chi connectivity index (χ4n) is 1.96. The van der Waals surface area contributed by atoms with E-state index in [1.165, 1.54) is 0 Å². The maximum absolute atomic E-state index is 12.3. The molecular weight excluding hydrogens is 290 g/mol. The summed E-state index contributed by atoms with van der Waals surface area (Å²) >= 11 is 0. The topological polar surface area (TPSA) is 46.6 Å². The van der Waals surface area contributed by atoms with Crippen LogP contribution < -0.4 is 0 Å². The first-order chi connectivity index (χ1) is 10.8. The number of hydrogen-bond acceptors (Lipinski definition) is 3. The predicted molar refractivity (Wildman–Crippen MR) is 90.8 cm³/mol. The molecule has 4 heteroatoms. The van der Waals surface area contributed by atoms with Gasteiger partial charge in [0.25, 0.3) is 0 Å². The molecule has 0 saturated heterocycles. The number of amides is 1. The second-order valence-corrected chi connectivity index (χ2v) is 6.38. The van der Waals surface area contributed by atoms with Crippen molar-refractivity contribution >= 4 is 11.9 Å². The summed E-state index contributed by atoms with van der Waals surface area (Å²) in [5.41, 5.74) is 0.425. The van der Waals surface area contributed by atoms with Crippen molar-refractivity contribution in [2.24, 2.45) is 0 Å². The number of Topliss-reactive ketones (excluding diaryl/α,β-unsaturated/α-hetero) is 1. The van der Waals surface area contributed by atoms with Gasteiger partial charge in [0.05, 0.1) is 0 Å². The smallest absolute Gasteiger partial charge is 0.410 e. The molecule has 0 heterocycles. The van der Waals surface area contributed by atoms with Crippen molar-refractivity contribution in [3.05, 3.63) is 35.9 Å². The molecule has 0 spiro atoms. The van der Waals surface area contributed by atoms with Gasteiger partial charge < -0.3 is 9.64 Å². The first-order valence-electron chi connectivity index (χ1n) is 7.79. The van der Waals surface area contributed by atoms with Crippen LogP contribution in [0.1, 0.15) is 45.6 Å². The first-order valence-corrected chi connectivity index (χ1v) is 7.79. The SMILES string of the molecule is C#CCCC(=O)CCN(Cc1ccccc1)C(=O)OC(C)(C)C. The quantitative estimate of drug-likeness (QED) is 0.719. The van der Waals surface area contributed by atoms with Gasteiger partial charge in [-0.2, -0.15) is 0 Å². The summed E-state index contributed by atoms with van der Waals surface area (Å²) < 4.78 is 5.43. The Balaban J connectivity index is 2.70. The van der Waals surface area contributed by atoms with E-state index in [-0.39, 0.29) is 12.2 Å². The fourth-order valence-corrected chi connectivity index (χ4v) is 1.96. The zero-order valence-corrected chi connectivity index (χ0v) is 14.2. The molecule has 1 aromatic carbocycles. The molecule has 1 amide bonds. The van der Waals surface area contributed by atoms with Crippen molar-refractivity contribution in [3.8, 4) is 12.3 Å². The van der Waals surface area contributed by atoms with Gasteiger partial charge in [0, 0.05) is 32.4 Å². The molecule has 0 aromatic heterocycles. The highest BCUT2D eigenvalue weighted by molar-refractivity contribution is 5.79. The molecule has 0 N–H and O–H groups in total. The van der Waals surface area contributed by atoms with E-state index in [1.54, 1.807) is 4.90 Å². The summed E-state index contributed by atoms with van der Waals surface area (Å²) in [4.78, 5) is 25.7. The van der Waals surface area contributed by atoms with Crippen LogP contribution >= 0.6 is 0 Å². The van der Waals surface area contributed by atoms with E-state index in [9.17, 15) is 9.59 Å². The standard InChI is InChI=1S/C19H25NO3/c1-5-6-12-17(21)13-14-20(18(22)23-19(2,3)4)15-16-10-8-7-9-11-16/h1,7-11H,6,12-15H2,2-4H3. The monoisotopic (exact) mass is 315 g/mol. The summed E-state index contributed by atoms with van der Waals surface area (Å²) in [5, 5.41) is 0. The van der Waals surface area contributed by atoms with E-state index in [1.807, 2.05) is 51.1 Å². The Morgan fingerprint density at radius 3 is 2.39 bits per heavy atom. The minimum Gasteiger partial charge on any atom is -0.444 e. The van der Waals surface area contributed by atoms with Crippen LogP contribution in [0.15, 0.2) is 30.3 Å². The molecule has 1 rings (SSSR count). The Morgan fingerprint density at radius 2 is 1.83 bits per heavy atom. The number of rotatable bonds is 7. The minimum atomic E-state index is -0.570. The largest absolute Gasteiger partial charge is 0.444 e. The average molecular weight is 315 g/mol. The Bertz CT molecular complexity index is 552. The summed E-state index contributed by atoms with van der Waals surface area (Å²) in [7, 11) is 0. The van der Waals surface area contributed by atoms with Gasteiger partial charge in [0.2, 0.25) is 0 Å². The number of terminal acetylenes is 1. The van der Waals surface area contributed by atoms with Gasteiger partial charge in [-0.05, 0) is 26.3 Å². The number of ketones is 1. The van der Waals surface area contributed by atoms with Crippen LogP contribution in [-0.2, 0) is 16.1 Å². The van der Waals surface area contributed by atoms with E-state index in [0.717, 1.165) is 5.56 Å². The molecule has 0 bridgehead atoms. The highest BCUT2D eigenvalue weighted by Gasteiger charge is 2.22. The fraction of sp³-hybridized carbons (Fsp3) is 0.474. The van der Waals surface area contributed by atoms with Crippen molar-refractivity contribution in [1.29, 1.82) is 0 Å². The van der Waals surface area contributed by atoms with Crippen molar-refractivity contribution in [3.63, 3.8) is 0 Å². The molecule has 0 saturated carbocycles. The highest BCUT2D eigenvalue weighted by Crippen LogP contribution is 2.13. The Labute approximate surface area is 138 Å². The zero-order valence-electron chi connectivity index (χ0n) is 14.2. The number of ether oxygens (including phenoxy) is 1. The van der Waals surface area contributed by atoms with E-state index < -0.39 is 11.7 Å². The normalized spacial score (nSPS) is 10.7. The second-order valence-electron chi connectivity index (χ2n) is 6.38. The third-order valence-electron chi connectivity index (χ3n) is 3.08. The van der Waals surface area contributed by atoms with Crippen LogP contribution in [0.25, 0.3) is 0 Å². The third-order valence-corrected chi connectivity index (χ3v) is 3.08. The van der Waals surface area contributed by atoms with Crippen LogP contribution in [0.4, 0.5) is 4.79 Å². The number of benzene rings is 1. The van der Waals surface area contributed by atoms with E-state index in [2.05, 4.69) is 5.92 Å². The van der Waals surface area contributed by atoms with Crippen LogP contribution in [0.5, 0.6) is 0 Å². The Kier molecular flexibility index (Phi) is 7.34. The third kappa shape index (κ3) is 8.06. The lowest BCUT2D eigenvalue weighted by molar-refractivity contribution is -0.119. The Hall–Kier alpha value is -2.28. The number of nitrogens with zero attached hydrogens (tertiary/aromatic N) is 1. The molecular formula is C19H25NO3. The lowest BCUT2D eigenvalue weighted by atomic mass is 10.1. The van der Waals surface area contributed by atoms with Gasteiger partial charge in [-0.15, -0.1) is 12.3 Å². The molecule has 0 radical (unpaired) electrons. The van der Waals surface area contributed by atoms with Crippen molar-refractivity contribution in [1.82, 2.24) is 4.90 Å². The summed E-state index contributed by atoms with van der Waals surface area (Å²) in [5.74, 6) is 2.51. The van der Waals surface area contributed by atoms with Crippen molar-refractivity contribution in [2.45, 2.75) is 52.2 Å². The molecule has 0 fully saturated rings. The Morgan fingerprint density at radius 1 is 1.17 bits per heavy atom. The van der Waals surface area contributed by atoms with Gasteiger partial charge in [-0.1, -0.05) is 30.3 Å². The van der Waals surface area contributed by atoms with Gasteiger partial charge in [-0.25, -0.2) is 4.79 Å². The molecule has 0 aliphatic heterocycles. The molecule has 124 valence electrons. The average Bonchev–Trinajstić information content (AvgIpc) is 2.48. The van der Waals surface area contributed by atoms with Gasteiger partial charge in [0.1, 0.15) is 11.4 Å². The van der Waals surface area contributed by atoms with E-state index in [4.69, 9.17) is 11.2 Å². The van der Waals surface area contributed by atoms with Crippen molar-refractivity contribution in [2.75, 3.05) is 6.54 Å². The summed E-state index contributed by atoms with van der Waals surface area (Å²) in [6.07, 6.45) is 5.83. The second kappa shape index (κ2) is 8.99. The summed E-state index contributed by atoms with van der Waals surface area (Å²) in [6.45, 7) is 6.21. The highest BCUT2D eigenvalue weighted by atomic mass is 16.6. The van der Waals surface area contributed by atoms with Crippen LogP contribution in [0.3, 0.4) is 0 Å². The molecule has 4 nitrogen and oxygen atoms in total.